The number of carbonyl (C=O) groups excluding carboxylic acids is 1. The maximum atomic E-state index is 13.0. The molecule has 258 valence electrons. The quantitative estimate of drug-likeness (QED) is 0.0749. The Bertz CT molecular complexity index is 2080. The number of carbonyl (C=O) groups is 2. The van der Waals surface area contributed by atoms with Gasteiger partial charge in [-0.1, -0.05) is 146 Å². The third-order valence-corrected chi connectivity index (χ3v) is 9.40. The molecule has 0 unspecified atom stereocenters. The Morgan fingerprint density at radius 1 is 0.712 bits per heavy atom. The summed E-state index contributed by atoms with van der Waals surface area (Å²) in [4.78, 5) is 37.4. The fourth-order valence-corrected chi connectivity index (χ4v) is 7.00. The van der Waals surface area contributed by atoms with Gasteiger partial charge in [0.1, 0.15) is 12.6 Å². The predicted octanol–water partition coefficient (Wildman–Crippen LogP) is 8.50. The summed E-state index contributed by atoms with van der Waals surface area (Å²) in [6.45, 7) is 0.00962. The number of fused-ring (bicyclic) bond motifs is 3. The topological polar surface area (TPSA) is 128 Å². The molecular formula is C43H34N2O7. The van der Waals surface area contributed by atoms with E-state index in [9.17, 15) is 24.8 Å². The van der Waals surface area contributed by atoms with E-state index < -0.39 is 28.6 Å². The number of rotatable bonds is 12. The average molecular weight is 691 g/mol. The Morgan fingerprint density at radius 2 is 1.19 bits per heavy atom. The number of aliphatic carboxylic acids is 1. The van der Waals surface area contributed by atoms with Gasteiger partial charge in [0, 0.05) is 35.1 Å². The standard InChI is InChI=1S/C43H34N2O7/c46-41(47)38(44-42(48)51-28-37-35-22-12-10-20-33(35)34-21-11-13-23-36(34)37)26-29-24-25-40(39(27-29)45(49)50)52-43(30-14-4-1-5-15-30,31-16-6-2-7-17-31)32-18-8-3-9-19-32/h1-25,27,37-38H,26,28H2,(H,44,48)(H,46,47)/t38-/m0/s1. The molecule has 6 aromatic carbocycles. The van der Waals surface area contributed by atoms with E-state index in [4.69, 9.17) is 9.47 Å². The summed E-state index contributed by atoms with van der Waals surface area (Å²) in [6, 6.07) is 47.1. The van der Waals surface area contributed by atoms with Crippen molar-refractivity contribution in [3.8, 4) is 16.9 Å². The Hall–Kier alpha value is -6.74. The molecule has 0 aromatic heterocycles. The number of carboxylic acids is 1. The van der Waals surface area contributed by atoms with Crippen LogP contribution < -0.4 is 10.1 Å². The molecule has 0 radical (unpaired) electrons. The number of amides is 1. The highest BCUT2D eigenvalue weighted by Gasteiger charge is 2.40. The molecule has 52 heavy (non-hydrogen) atoms. The number of ether oxygens (including phenoxy) is 2. The van der Waals surface area contributed by atoms with Gasteiger partial charge < -0.3 is 19.9 Å². The van der Waals surface area contributed by atoms with Gasteiger partial charge in [0.15, 0.2) is 11.4 Å². The van der Waals surface area contributed by atoms with Crippen LogP contribution in [0.15, 0.2) is 158 Å². The Kier molecular flexibility index (Phi) is 9.49. The Balaban J connectivity index is 1.14. The molecule has 0 saturated carbocycles. The lowest BCUT2D eigenvalue weighted by Crippen LogP contribution is -2.43. The highest BCUT2D eigenvalue weighted by Crippen LogP contribution is 2.45. The van der Waals surface area contributed by atoms with E-state index in [1.807, 2.05) is 140 Å². The van der Waals surface area contributed by atoms with E-state index in [1.165, 1.54) is 12.1 Å². The molecule has 6 aromatic rings. The molecule has 0 heterocycles. The molecule has 1 atom stereocenters. The van der Waals surface area contributed by atoms with Gasteiger partial charge >= 0.3 is 17.7 Å². The lowest BCUT2D eigenvalue weighted by atomic mass is 9.80. The number of alkyl carbamates (subject to hydrolysis) is 1. The molecule has 0 bridgehead atoms. The van der Waals surface area contributed by atoms with E-state index in [0.29, 0.717) is 5.56 Å². The van der Waals surface area contributed by atoms with Gasteiger partial charge in [0.2, 0.25) is 0 Å². The number of nitrogens with one attached hydrogen (secondary N) is 1. The van der Waals surface area contributed by atoms with Crippen LogP contribution in [0.1, 0.15) is 39.3 Å². The van der Waals surface area contributed by atoms with Crippen molar-refractivity contribution < 1.29 is 29.1 Å². The average Bonchev–Trinajstić information content (AvgIpc) is 3.50. The minimum Gasteiger partial charge on any atom is -0.480 e. The molecule has 1 aliphatic carbocycles. The van der Waals surface area contributed by atoms with Crippen molar-refractivity contribution in [2.24, 2.45) is 0 Å². The molecular weight excluding hydrogens is 656 g/mol. The molecule has 7 rings (SSSR count). The first-order chi connectivity index (χ1) is 25.3. The number of benzene rings is 6. The first-order valence-electron chi connectivity index (χ1n) is 16.8. The van der Waals surface area contributed by atoms with Gasteiger partial charge in [-0.15, -0.1) is 0 Å². The molecule has 1 amide bonds. The zero-order valence-corrected chi connectivity index (χ0v) is 27.9. The molecule has 0 saturated heterocycles. The van der Waals surface area contributed by atoms with Crippen LogP contribution in [0.3, 0.4) is 0 Å². The fourth-order valence-electron chi connectivity index (χ4n) is 7.00. The number of nitro benzene ring substituents is 1. The number of hydrogen-bond donors (Lipinski definition) is 2. The van der Waals surface area contributed by atoms with Crippen molar-refractivity contribution in [3.05, 3.63) is 201 Å². The summed E-state index contributed by atoms with van der Waals surface area (Å²) in [7, 11) is 0. The third-order valence-electron chi connectivity index (χ3n) is 9.40. The van der Waals surface area contributed by atoms with E-state index in [2.05, 4.69) is 5.32 Å². The Labute approximate surface area is 300 Å². The van der Waals surface area contributed by atoms with Crippen molar-refractivity contribution in [3.63, 3.8) is 0 Å². The first kappa shape index (κ1) is 33.7. The van der Waals surface area contributed by atoms with Gasteiger partial charge in [0.05, 0.1) is 4.92 Å². The van der Waals surface area contributed by atoms with Gasteiger partial charge in [-0.3, -0.25) is 10.1 Å². The minimum absolute atomic E-state index is 0.00962. The lowest BCUT2D eigenvalue weighted by Gasteiger charge is -2.36. The molecule has 0 aliphatic heterocycles. The zero-order chi connectivity index (χ0) is 36.1. The van der Waals surface area contributed by atoms with Crippen LogP contribution in [0.4, 0.5) is 10.5 Å². The lowest BCUT2D eigenvalue weighted by molar-refractivity contribution is -0.386. The van der Waals surface area contributed by atoms with Crippen LogP contribution >= 0.6 is 0 Å². The smallest absolute Gasteiger partial charge is 0.407 e. The second-order valence-corrected chi connectivity index (χ2v) is 12.5. The molecule has 9 nitrogen and oxygen atoms in total. The highest BCUT2D eigenvalue weighted by atomic mass is 16.6. The maximum absolute atomic E-state index is 13.0. The largest absolute Gasteiger partial charge is 0.480 e. The maximum Gasteiger partial charge on any atom is 0.407 e. The molecule has 0 spiro atoms. The van der Waals surface area contributed by atoms with E-state index in [-0.39, 0.29) is 30.4 Å². The molecule has 9 heteroatoms. The van der Waals surface area contributed by atoms with Crippen molar-refractivity contribution in [2.75, 3.05) is 6.61 Å². The van der Waals surface area contributed by atoms with Gasteiger partial charge in [-0.2, -0.15) is 0 Å². The normalized spacial score (nSPS) is 12.6. The fraction of sp³-hybridized carbons (Fsp3) is 0.116. The van der Waals surface area contributed by atoms with E-state index in [1.54, 1.807) is 6.07 Å². The second-order valence-electron chi connectivity index (χ2n) is 12.5. The van der Waals surface area contributed by atoms with Gasteiger partial charge in [-0.25, -0.2) is 9.59 Å². The second kappa shape index (κ2) is 14.6. The van der Waals surface area contributed by atoms with Crippen molar-refractivity contribution >= 4 is 17.7 Å². The van der Waals surface area contributed by atoms with E-state index >= 15 is 0 Å². The predicted molar refractivity (Wildman–Crippen MR) is 196 cm³/mol. The molecule has 1 aliphatic rings. The Morgan fingerprint density at radius 3 is 1.67 bits per heavy atom. The van der Waals surface area contributed by atoms with Crippen molar-refractivity contribution in [2.45, 2.75) is 24.0 Å². The summed E-state index contributed by atoms with van der Waals surface area (Å²) in [5.74, 6) is -1.53. The van der Waals surface area contributed by atoms with Gasteiger partial charge in [-0.05, 0) is 33.9 Å². The molecule has 0 fully saturated rings. The summed E-state index contributed by atoms with van der Waals surface area (Å²) in [5.41, 5.74) is 5.14. The summed E-state index contributed by atoms with van der Waals surface area (Å²) >= 11 is 0. The molecule has 2 N–H and O–H groups in total. The van der Waals surface area contributed by atoms with E-state index in [0.717, 1.165) is 38.9 Å². The van der Waals surface area contributed by atoms with Crippen LogP contribution in [0.5, 0.6) is 5.75 Å². The number of hydrogen-bond acceptors (Lipinski definition) is 6. The minimum atomic E-state index is -1.42. The van der Waals surface area contributed by atoms with Crippen LogP contribution in [0.2, 0.25) is 0 Å². The summed E-state index contributed by atoms with van der Waals surface area (Å²) in [5, 5.41) is 25.1. The number of nitrogens with zero attached hydrogens (tertiary/aromatic N) is 1. The zero-order valence-electron chi connectivity index (χ0n) is 27.9. The SMILES string of the molecule is O=C(N[C@@H](Cc1ccc(OC(c2ccccc2)(c2ccccc2)c2ccccc2)c([N+](=O)[O-])c1)C(=O)O)OCC1c2ccccc2-c2ccccc21. The summed E-state index contributed by atoms with van der Waals surface area (Å²) < 4.78 is 12.4. The van der Waals surface area contributed by atoms with Crippen LogP contribution in [-0.4, -0.2) is 34.7 Å². The highest BCUT2D eigenvalue weighted by molar-refractivity contribution is 5.81. The van der Waals surface area contributed by atoms with Crippen LogP contribution in [0, 0.1) is 10.1 Å². The third kappa shape index (κ3) is 6.59. The van der Waals surface area contributed by atoms with Crippen molar-refractivity contribution in [1.29, 1.82) is 0 Å². The number of nitro groups is 1. The van der Waals surface area contributed by atoms with Crippen LogP contribution in [0.25, 0.3) is 11.1 Å². The monoisotopic (exact) mass is 690 g/mol. The first-order valence-corrected chi connectivity index (χ1v) is 16.8. The summed E-state index contributed by atoms with van der Waals surface area (Å²) in [6.07, 6.45) is -1.14. The number of carboxylic acid groups (broad SMARTS) is 1. The van der Waals surface area contributed by atoms with Crippen LogP contribution in [-0.2, 0) is 21.6 Å². The van der Waals surface area contributed by atoms with Gasteiger partial charge in [0.25, 0.3) is 0 Å². The van der Waals surface area contributed by atoms with Crippen molar-refractivity contribution in [1.82, 2.24) is 5.32 Å².